The number of benzene rings is 1. The fourth-order valence-corrected chi connectivity index (χ4v) is 3.28. The molecule has 2 aromatic rings. The van der Waals surface area contributed by atoms with Crippen LogP contribution in [-0.4, -0.2) is 38.3 Å². The number of carbonyl (C=O) groups is 1. The first-order valence-corrected chi connectivity index (χ1v) is 10.6. The van der Waals surface area contributed by atoms with Crippen LogP contribution in [0.25, 0.3) is 10.9 Å². The number of carbonyl (C=O) groups excluding carboxylic acids is 1. The van der Waals surface area contributed by atoms with Gasteiger partial charge in [0.2, 0.25) is 0 Å². The van der Waals surface area contributed by atoms with Crippen LogP contribution in [0.3, 0.4) is 0 Å². The molecule has 1 heterocycles. The summed E-state index contributed by atoms with van der Waals surface area (Å²) in [4.78, 5) is 16.0. The van der Waals surface area contributed by atoms with E-state index >= 15 is 0 Å². The molecule has 1 aromatic heterocycles. The van der Waals surface area contributed by atoms with Gasteiger partial charge in [0.1, 0.15) is 6.10 Å². The van der Waals surface area contributed by atoms with Crippen molar-refractivity contribution in [3.05, 3.63) is 72.0 Å². The predicted octanol–water partition coefficient (Wildman–Crippen LogP) is 3.84. The first kappa shape index (κ1) is 21.7. The molecule has 1 atom stereocenters. The molecule has 0 bridgehead atoms. The van der Waals surface area contributed by atoms with Gasteiger partial charge in [-0.1, -0.05) is 37.5 Å². The Kier molecular flexibility index (Phi) is 6.99. The number of aromatic amines is 1. The van der Waals surface area contributed by atoms with Crippen molar-refractivity contribution in [1.29, 1.82) is 0 Å². The Bertz CT molecular complexity index is 1030. The summed E-state index contributed by atoms with van der Waals surface area (Å²) in [5.41, 5.74) is 3.56. The van der Waals surface area contributed by atoms with Crippen LogP contribution in [0, 0.1) is 6.92 Å². The fraction of sp³-hybridized carbons (Fsp3) is 0.286. The number of allylic oxidation sites excluding steroid dienone is 2. The molecule has 1 unspecified atom stereocenters. The quantitative estimate of drug-likeness (QED) is 0.391. The minimum absolute atomic E-state index is 0.0413. The van der Waals surface area contributed by atoms with Gasteiger partial charge in [0, 0.05) is 16.6 Å². The molecule has 150 valence electrons. The summed E-state index contributed by atoms with van der Waals surface area (Å²) in [5.74, 6) is -0.447. The highest BCUT2D eigenvalue weighted by atomic mass is 32.2. The van der Waals surface area contributed by atoms with E-state index in [-0.39, 0.29) is 6.61 Å². The second-order valence-electron chi connectivity index (χ2n) is 6.44. The average Bonchev–Trinajstić information content (AvgIpc) is 2.93. The number of hydrogen-bond donors (Lipinski definition) is 1. The van der Waals surface area contributed by atoms with Gasteiger partial charge >= 0.3 is 5.97 Å². The number of ether oxygens (including phenoxy) is 1. The summed E-state index contributed by atoms with van der Waals surface area (Å²) in [6.45, 7) is 11.0. The maximum Gasteiger partial charge on any atom is 0.341 e. The third kappa shape index (κ3) is 5.43. The molecular weight excluding hydrogens is 378 g/mol. The van der Waals surface area contributed by atoms with Crippen molar-refractivity contribution >= 4 is 27.0 Å². The molecule has 7 heteroatoms. The first-order chi connectivity index (χ1) is 13.2. The lowest BCUT2D eigenvalue weighted by atomic mass is 10.1. The van der Waals surface area contributed by atoms with Gasteiger partial charge in [0.05, 0.1) is 18.4 Å². The van der Waals surface area contributed by atoms with Crippen molar-refractivity contribution in [2.75, 3.05) is 12.9 Å². The van der Waals surface area contributed by atoms with E-state index in [0.29, 0.717) is 17.7 Å². The number of H-pyrrole nitrogens is 1. The minimum Gasteiger partial charge on any atom is -0.454 e. The number of esters is 1. The van der Waals surface area contributed by atoms with E-state index in [0.717, 1.165) is 28.3 Å². The molecule has 0 aliphatic carbocycles. The molecule has 6 nitrogen and oxygen atoms in total. The van der Waals surface area contributed by atoms with E-state index in [2.05, 4.69) is 18.1 Å². The Morgan fingerprint density at radius 1 is 1.32 bits per heavy atom. The number of aryl methyl sites for hydroxylation is 1. The second-order valence-corrected chi connectivity index (χ2v) is 8.08. The van der Waals surface area contributed by atoms with Crippen LogP contribution >= 0.6 is 0 Å². The van der Waals surface area contributed by atoms with Crippen molar-refractivity contribution < 1.29 is 22.1 Å². The second kappa shape index (κ2) is 9.03. The molecule has 1 N–H and O–H groups in total. The van der Waals surface area contributed by atoms with Crippen molar-refractivity contribution in [1.82, 2.24) is 4.98 Å². The fourth-order valence-electron chi connectivity index (χ4n) is 2.90. The summed E-state index contributed by atoms with van der Waals surface area (Å²) in [6.07, 6.45) is 5.93. The molecule has 28 heavy (non-hydrogen) atoms. The molecule has 2 rings (SSSR count). The number of nitrogens with one attached hydrogen (secondary N) is 1. The maximum absolute atomic E-state index is 12.8. The maximum atomic E-state index is 12.8. The van der Waals surface area contributed by atoms with Gasteiger partial charge in [0.25, 0.3) is 10.1 Å². The van der Waals surface area contributed by atoms with Gasteiger partial charge in [0.15, 0.2) is 0 Å². The van der Waals surface area contributed by atoms with Gasteiger partial charge in [-0.15, -0.1) is 0 Å². The van der Waals surface area contributed by atoms with Crippen LogP contribution in [0.5, 0.6) is 0 Å². The summed E-state index contributed by atoms with van der Waals surface area (Å²) in [5, 5.41) is 0.722. The zero-order valence-corrected chi connectivity index (χ0v) is 17.1. The molecule has 0 aliphatic heterocycles. The molecule has 0 amide bonds. The van der Waals surface area contributed by atoms with E-state index in [1.807, 2.05) is 25.1 Å². The standard InChI is InChI=1S/C21H25NO5S/c1-6-8-17(7-2)15(4)27-21(23)20-14(3)22-19-10-9-16(13-18(19)20)11-12-26-28(5,24)25/h6-10,13,15,22H,1-2,11-12H2,3-5H3/b17-8+. The van der Waals surface area contributed by atoms with Crippen LogP contribution in [-0.2, 0) is 25.5 Å². The van der Waals surface area contributed by atoms with Gasteiger partial charge in [-0.2, -0.15) is 8.42 Å². The lowest BCUT2D eigenvalue weighted by Gasteiger charge is -2.14. The van der Waals surface area contributed by atoms with Crippen LogP contribution in [0.15, 0.2) is 55.2 Å². The van der Waals surface area contributed by atoms with Crippen molar-refractivity contribution in [2.24, 2.45) is 0 Å². The van der Waals surface area contributed by atoms with Crippen LogP contribution < -0.4 is 0 Å². The van der Waals surface area contributed by atoms with Crippen molar-refractivity contribution in [3.8, 4) is 0 Å². The smallest absolute Gasteiger partial charge is 0.341 e. The Hall–Kier alpha value is -2.64. The lowest BCUT2D eigenvalue weighted by molar-refractivity contribution is 0.0413. The Labute approximate surface area is 165 Å². The molecular formula is C21H25NO5S. The minimum atomic E-state index is -3.48. The SMILES string of the molecule is C=C/C=C(\C=C)C(C)OC(=O)c1c(C)[nH]c2ccc(CCOS(C)(=O)=O)cc12. The molecule has 0 fully saturated rings. The first-order valence-electron chi connectivity index (χ1n) is 8.78. The Morgan fingerprint density at radius 3 is 2.64 bits per heavy atom. The summed E-state index contributed by atoms with van der Waals surface area (Å²) >= 11 is 0. The zero-order valence-electron chi connectivity index (χ0n) is 16.3. The molecule has 0 aliphatic rings. The zero-order chi connectivity index (χ0) is 20.9. The number of fused-ring (bicyclic) bond motifs is 1. The topological polar surface area (TPSA) is 85.5 Å². The Balaban J connectivity index is 2.28. The van der Waals surface area contributed by atoms with E-state index in [4.69, 9.17) is 8.92 Å². The van der Waals surface area contributed by atoms with Crippen LogP contribution in [0.4, 0.5) is 0 Å². The molecule has 1 aromatic carbocycles. The summed E-state index contributed by atoms with van der Waals surface area (Å²) in [7, 11) is -3.48. The van der Waals surface area contributed by atoms with E-state index < -0.39 is 22.2 Å². The van der Waals surface area contributed by atoms with E-state index in [9.17, 15) is 13.2 Å². The molecule has 0 saturated heterocycles. The molecule has 0 saturated carbocycles. The molecule has 0 spiro atoms. The highest BCUT2D eigenvalue weighted by molar-refractivity contribution is 7.85. The number of aromatic nitrogens is 1. The third-order valence-corrected chi connectivity index (χ3v) is 4.84. The van der Waals surface area contributed by atoms with Crippen LogP contribution in [0.1, 0.15) is 28.5 Å². The van der Waals surface area contributed by atoms with Gasteiger partial charge in [-0.05, 0) is 43.5 Å². The highest BCUT2D eigenvalue weighted by Gasteiger charge is 2.21. The van der Waals surface area contributed by atoms with Gasteiger partial charge in [-0.25, -0.2) is 4.79 Å². The van der Waals surface area contributed by atoms with Gasteiger partial charge < -0.3 is 9.72 Å². The largest absolute Gasteiger partial charge is 0.454 e. The predicted molar refractivity (Wildman–Crippen MR) is 111 cm³/mol. The van der Waals surface area contributed by atoms with Crippen LogP contribution in [0.2, 0.25) is 0 Å². The van der Waals surface area contributed by atoms with Gasteiger partial charge in [-0.3, -0.25) is 4.18 Å². The van der Waals surface area contributed by atoms with Crippen molar-refractivity contribution in [2.45, 2.75) is 26.4 Å². The average molecular weight is 404 g/mol. The third-order valence-electron chi connectivity index (χ3n) is 4.24. The number of hydrogen-bond acceptors (Lipinski definition) is 5. The Morgan fingerprint density at radius 2 is 2.04 bits per heavy atom. The van der Waals surface area contributed by atoms with E-state index in [1.165, 1.54) is 0 Å². The summed E-state index contributed by atoms with van der Waals surface area (Å²) in [6, 6.07) is 5.56. The normalized spacial score (nSPS) is 13.3. The number of rotatable bonds is 9. The van der Waals surface area contributed by atoms with Crippen molar-refractivity contribution in [3.63, 3.8) is 0 Å². The molecule has 0 radical (unpaired) electrons. The lowest BCUT2D eigenvalue weighted by Crippen LogP contribution is -2.17. The van der Waals surface area contributed by atoms with E-state index in [1.54, 1.807) is 25.2 Å². The highest BCUT2D eigenvalue weighted by Crippen LogP contribution is 2.25. The summed E-state index contributed by atoms with van der Waals surface area (Å²) < 4.78 is 32.6. The monoisotopic (exact) mass is 403 g/mol.